The molecule has 126 valence electrons. The van der Waals surface area contributed by atoms with Crippen molar-refractivity contribution in [1.82, 2.24) is 14.9 Å². The fourth-order valence-corrected chi connectivity index (χ4v) is 3.45. The Morgan fingerprint density at radius 3 is 2.54 bits per heavy atom. The first-order chi connectivity index (χ1) is 11.5. The number of ether oxygens (including phenoxy) is 1. The average molecular weight is 325 g/mol. The number of aryl methyl sites for hydroxylation is 2. The van der Waals surface area contributed by atoms with Gasteiger partial charge in [-0.2, -0.15) is 0 Å². The number of carbonyl (C=O) groups is 1. The highest BCUT2D eigenvalue weighted by atomic mass is 16.5. The number of hydrogen-bond donors (Lipinski definition) is 0. The molecule has 1 aromatic carbocycles. The Labute approximate surface area is 142 Å². The number of para-hydroxylation sites is 1. The molecule has 1 fully saturated rings. The standard InChI is InChI=1S/C19H23N3O2/c1-13-12-14(2)21-18(20-13)19(3)10-7-11-22(19)17(23)15-8-5-6-9-16(15)24-4/h5-6,8-9,12H,7,10-11H2,1-4H3. The lowest BCUT2D eigenvalue weighted by Crippen LogP contribution is -2.44. The predicted octanol–water partition coefficient (Wildman–Crippen LogP) is 3.25. The first-order valence-corrected chi connectivity index (χ1v) is 8.23. The molecule has 1 aromatic heterocycles. The molecule has 2 aromatic rings. The number of amides is 1. The van der Waals surface area contributed by atoms with Crippen LogP contribution < -0.4 is 4.74 Å². The van der Waals surface area contributed by atoms with E-state index in [-0.39, 0.29) is 5.91 Å². The van der Waals surface area contributed by atoms with Gasteiger partial charge >= 0.3 is 0 Å². The number of nitrogens with zero attached hydrogens (tertiary/aromatic N) is 3. The quantitative estimate of drug-likeness (QED) is 0.869. The topological polar surface area (TPSA) is 55.3 Å². The van der Waals surface area contributed by atoms with Crippen LogP contribution in [0.2, 0.25) is 0 Å². The third-order valence-corrected chi connectivity index (χ3v) is 4.69. The van der Waals surface area contributed by atoms with Gasteiger partial charge < -0.3 is 9.64 Å². The summed E-state index contributed by atoms with van der Waals surface area (Å²) < 4.78 is 5.36. The number of aromatic nitrogens is 2. The Kier molecular flexibility index (Phi) is 4.26. The summed E-state index contributed by atoms with van der Waals surface area (Å²) in [7, 11) is 1.59. The first kappa shape index (κ1) is 16.4. The number of rotatable bonds is 3. The van der Waals surface area contributed by atoms with Gasteiger partial charge in [-0.1, -0.05) is 12.1 Å². The summed E-state index contributed by atoms with van der Waals surface area (Å²) in [5.74, 6) is 1.29. The summed E-state index contributed by atoms with van der Waals surface area (Å²) >= 11 is 0. The van der Waals surface area contributed by atoms with Gasteiger partial charge in [0, 0.05) is 17.9 Å². The van der Waals surface area contributed by atoms with E-state index < -0.39 is 5.54 Å². The average Bonchev–Trinajstić information content (AvgIpc) is 2.96. The van der Waals surface area contributed by atoms with Gasteiger partial charge in [-0.3, -0.25) is 4.79 Å². The lowest BCUT2D eigenvalue weighted by Gasteiger charge is -2.34. The monoisotopic (exact) mass is 325 g/mol. The third-order valence-electron chi connectivity index (χ3n) is 4.69. The minimum Gasteiger partial charge on any atom is -0.496 e. The molecule has 0 saturated carbocycles. The normalized spacial score (nSPS) is 20.2. The van der Waals surface area contributed by atoms with Gasteiger partial charge in [-0.05, 0) is 51.8 Å². The van der Waals surface area contributed by atoms with Gasteiger partial charge in [0.2, 0.25) is 0 Å². The second-order valence-corrected chi connectivity index (χ2v) is 6.51. The molecular weight excluding hydrogens is 302 g/mol. The lowest BCUT2D eigenvalue weighted by molar-refractivity contribution is 0.0600. The third kappa shape index (κ3) is 2.75. The van der Waals surface area contributed by atoms with E-state index in [4.69, 9.17) is 4.74 Å². The molecule has 1 atom stereocenters. The summed E-state index contributed by atoms with van der Waals surface area (Å²) in [6, 6.07) is 9.30. The van der Waals surface area contributed by atoms with E-state index in [1.807, 2.05) is 49.1 Å². The molecule has 5 heteroatoms. The molecule has 2 heterocycles. The summed E-state index contributed by atoms with van der Waals surface area (Å²) in [6.45, 7) is 6.68. The van der Waals surface area contributed by atoms with Crippen LogP contribution in [0.5, 0.6) is 5.75 Å². The van der Waals surface area contributed by atoms with Gasteiger partial charge in [0.25, 0.3) is 5.91 Å². The summed E-state index contributed by atoms with van der Waals surface area (Å²) in [5.41, 5.74) is 1.94. The van der Waals surface area contributed by atoms with Crippen molar-refractivity contribution in [3.63, 3.8) is 0 Å². The number of likely N-dealkylation sites (tertiary alicyclic amines) is 1. The molecule has 5 nitrogen and oxygen atoms in total. The van der Waals surface area contributed by atoms with Crippen LogP contribution in [0.3, 0.4) is 0 Å². The molecule has 0 spiro atoms. The maximum Gasteiger partial charge on any atom is 0.258 e. The van der Waals surface area contributed by atoms with E-state index >= 15 is 0 Å². The number of benzene rings is 1. The highest BCUT2D eigenvalue weighted by Crippen LogP contribution is 2.38. The summed E-state index contributed by atoms with van der Waals surface area (Å²) in [4.78, 5) is 24.3. The zero-order valence-corrected chi connectivity index (χ0v) is 14.7. The SMILES string of the molecule is COc1ccccc1C(=O)N1CCCC1(C)c1nc(C)cc(C)n1. The maximum absolute atomic E-state index is 13.2. The zero-order valence-electron chi connectivity index (χ0n) is 14.7. The minimum absolute atomic E-state index is 0.0322. The lowest BCUT2D eigenvalue weighted by atomic mass is 9.96. The van der Waals surface area contributed by atoms with Crippen molar-refractivity contribution in [2.24, 2.45) is 0 Å². The second kappa shape index (κ2) is 6.23. The highest BCUT2D eigenvalue weighted by Gasteiger charge is 2.44. The molecule has 0 radical (unpaired) electrons. The van der Waals surface area contributed by atoms with E-state index in [0.717, 1.165) is 30.1 Å². The predicted molar refractivity (Wildman–Crippen MR) is 92.1 cm³/mol. The van der Waals surface area contributed by atoms with Crippen molar-refractivity contribution in [1.29, 1.82) is 0 Å². The smallest absolute Gasteiger partial charge is 0.258 e. The minimum atomic E-state index is -0.491. The van der Waals surface area contributed by atoms with E-state index in [0.29, 0.717) is 17.9 Å². The maximum atomic E-state index is 13.2. The number of hydrogen-bond acceptors (Lipinski definition) is 4. The Hall–Kier alpha value is -2.43. The molecule has 24 heavy (non-hydrogen) atoms. The summed E-state index contributed by atoms with van der Waals surface area (Å²) in [6.07, 6.45) is 1.80. The van der Waals surface area contributed by atoms with Crippen LogP contribution in [0.25, 0.3) is 0 Å². The van der Waals surface area contributed by atoms with Crippen molar-refractivity contribution in [2.75, 3.05) is 13.7 Å². The van der Waals surface area contributed by atoms with Crippen LogP contribution in [0, 0.1) is 13.8 Å². The Bertz CT molecular complexity index is 755. The van der Waals surface area contributed by atoms with E-state index in [9.17, 15) is 4.79 Å². The molecule has 3 rings (SSSR count). The van der Waals surface area contributed by atoms with Crippen molar-refractivity contribution < 1.29 is 9.53 Å². The Morgan fingerprint density at radius 1 is 1.21 bits per heavy atom. The van der Waals surface area contributed by atoms with Crippen molar-refractivity contribution >= 4 is 5.91 Å². The van der Waals surface area contributed by atoms with E-state index in [2.05, 4.69) is 16.9 Å². The molecular formula is C19H23N3O2. The molecule has 0 N–H and O–H groups in total. The van der Waals surface area contributed by atoms with Gasteiger partial charge in [0.1, 0.15) is 11.3 Å². The van der Waals surface area contributed by atoms with Crippen LogP contribution in [-0.4, -0.2) is 34.4 Å². The van der Waals surface area contributed by atoms with Crippen LogP contribution in [0.4, 0.5) is 0 Å². The molecule has 0 aliphatic carbocycles. The van der Waals surface area contributed by atoms with Crippen LogP contribution >= 0.6 is 0 Å². The van der Waals surface area contributed by atoms with Crippen molar-refractivity contribution in [3.05, 3.63) is 53.1 Å². The van der Waals surface area contributed by atoms with Crippen LogP contribution in [-0.2, 0) is 5.54 Å². The molecule has 1 aliphatic rings. The highest BCUT2D eigenvalue weighted by molar-refractivity contribution is 5.97. The van der Waals surface area contributed by atoms with E-state index in [1.165, 1.54) is 0 Å². The fourth-order valence-electron chi connectivity index (χ4n) is 3.45. The van der Waals surface area contributed by atoms with Crippen molar-refractivity contribution in [2.45, 2.75) is 39.2 Å². The molecule has 1 saturated heterocycles. The summed E-state index contributed by atoms with van der Waals surface area (Å²) in [5, 5.41) is 0. The van der Waals surface area contributed by atoms with Gasteiger partial charge in [-0.25, -0.2) is 9.97 Å². The Morgan fingerprint density at radius 2 is 1.88 bits per heavy atom. The van der Waals surface area contributed by atoms with Crippen LogP contribution in [0.15, 0.2) is 30.3 Å². The molecule has 1 aliphatic heterocycles. The Balaban J connectivity index is 2.02. The van der Waals surface area contributed by atoms with E-state index in [1.54, 1.807) is 7.11 Å². The van der Waals surface area contributed by atoms with Gasteiger partial charge in [0.15, 0.2) is 5.82 Å². The van der Waals surface area contributed by atoms with Crippen molar-refractivity contribution in [3.8, 4) is 5.75 Å². The second-order valence-electron chi connectivity index (χ2n) is 6.51. The molecule has 0 bridgehead atoms. The zero-order chi connectivity index (χ0) is 17.3. The van der Waals surface area contributed by atoms with Crippen LogP contribution in [0.1, 0.15) is 47.3 Å². The molecule has 1 unspecified atom stereocenters. The fraction of sp³-hybridized carbons (Fsp3) is 0.421. The number of carbonyl (C=O) groups excluding carboxylic acids is 1. The van der Waals surface area contributed by atoms with Gasteiger partial charge in [0.05, 0.1) is 12.7 Å². The molecule has 1 amide bonds. The number of methoxy groups -OCH3 is 1. The largest absolute Gasteiger partial charge is 0.496 e. The van der Waals surface area contributed by atoms with Gasteiger partial charge in [-0.15, -0.1) is 0 Å². The first-order valence-electron chi connectivity index (χ1n) is 8.23.